The Kier molecular flexibility index (Phi) is 4.28. The van der Waals surface area contributed by atoms with E-state index in [1.165, 1.54) is 11.3 Å². The van der Waals surface area contributed by atoms with Crippen LogP contribution in [0.4, 0.5) is 5.69 Å². The van der Waals surface area contributed by atoms with E-state index >= 15 is 0 Å². The van der Waals surface area contributed by atoms with E-state index in [4.69, 9.17) is 5.73 Å². The number of hydrogen-bond acceptors (Lipinski definition) is 4. The molecule has 0 bridgehead atoms. The van der Waals surface area contributed by atoms with Gasteiger partial charge in [0, 0.05) is 24.2 Å². The van der Waals surface area contributed by atoms with Crippen molar-refractivity contribution in [2.75, 3.05) is 12.8 Å². The molecule has 2 aromatic heterocycles. The highest BCUT2D eigenvalue weighted by Gasteiger charge is 2.23. The Labute approximate surface area is 123 Å². The molecule has 2 rings (SSSR count). The summed E-state index contributed by atoms with van der Waals surface area (Å²) in [5, 5.41) is 0.877. The van der Waals surface area contributed by atoms with Crippen LogP contribution in [0.5, 0.6) is 0 Å². The van der Waals surface area contributed by atoms with Gasteiger partial charge in [-0.15, -0.1) is 11.3 Å². The van der Waals surface area contributed by atoms with Crippen LogP contribution in [0.25, 0.3) is 10.2 Å². The highest BCUT2D eigenvalue weighted by molar-refractivity contribution is 7.21. The van der Waals surface area contributed by atoms with Crippen molar-refractivity contribution in [1.82, 2.24) is 9.88 Å². The van der Waals surface area contributed by atoms with Gasteiger partial charge in [-0.1, -0.05) is 13.8 Å². The van der Waals surface area contributed by atoms with E-state index in [2.05, 4.69) is 18.8 Å². The quantitative estimate of drug-likeness (QED) is 0.938. The van der Waals surface area contributed by atoms with Crippen molar-refractivity contribution in [3.05, 3.63) is 22.7 Å². The van der Waals surface area contributed by atoms with Crippen LogP contribution in [-0.4, -0.2) is 28.9 Å². The predicted octanol–water partition coefficient (Wildman–Crippen LogP) is 3.45. The molecule has 108 valence electrons. The van der Waals surface area contributed by atoms with Crippen molar-refractivity contribution < 1.29 is 4.79 Å². The number of aryl methyl sites for hydroxylation is 1. The van der Waals surface area contributed by atoms with Gasteiger partial charge in [-0.05, 0) is 31.9 Å². The van der Waals surface area contributed by atoms with E-state index in [1.54, 1.807) is 4.90 Å². The van der Waals surface area contributed by atoms with E-state index < -0.39 is 0 Å². The van der Waals surface area contributed by atoms with Crippen molar-refractivity contribution in [3.63, 3.8) is 0 Å². The van der Waals surface area contributed by atoms with Crippen LogP contribution < -0.4 is 5.73 Å². The van der Waals surface area contributed by atoms with Gasteiger partial charge in [0.1, 0.15) is 9.71 Å². The molecule has 0 aromatic carbocycles. The van der Waals surface area contributed by atoms with Crippen molar-refractivity contribution >= 4 is 33.1 Å². The van der Waals surface area contributed by atoms with Gasteiger partial charge in [0.2, 0.25) is 0 Å². The molecule has 20 heavy (non-hydrogen) atoms. The lowest BCUT2D eigenvalue weighted by atomic mass is 10.1. The molecule has 0 aliphatic rings. The lowest BCUT2D eigenvalue weighted by molar-refractivity contribution is 0.0729. The topological polar surface area (TPSA) is 59.2 Å². The minimum Gasteiger partial charge on any atom is -0.397 e. The molecule has 5 heteroatoms. The highest BCUT2D eigenvalue weighted by atomic mass is 32.1. The molecule has 2 heterocycles. The maximum atomic E-state index is 12.6. The number of aromatic nitrogens is 1. The summed E-state index contributed by atoms with van der Waals surface area (Å²) in [6, 6.07) is 4.11. The lowest BCUT2D eigenvalue weighted by Crippen LogP contribution is -2.36. The molecule has 2 N–H and O–H groups in total. The van der Waals surface area contributed by atoms with Gasteiger partial charge in [0.15, 0.2) is 0 Å². The molecule has 0 aliphatic carbocycles. The fourth-order valence-electron chi connectivity index (χ4n) is 2.41. The second-order valence-corrected chi connectivity index (χ2v) is 6.04. The van der Waals surface area contributed by atoms with Crippen LogP contribution in [0.3, 0.4) is 0 Å². The fourth-order valence-corrected chi connectivity index (χ4v) is 3.53. The molecule has 4 nitrogen and oxygen atoms in total. The lowest BCUT2D eigenvalue weighted by Gasteiger charge is -2.25. The van der Waals surface area contributed by atoms with Gasteiger partial charge in [-0.25, -0.2) is 4.98 Å². The van der Waals surface area contributed by atoms with Crippen molar-refractivity contribution in [3.8, 4) is 0 Å². The molecule has 0 saturated carbocycles. The maximum Gasteiger partial charge on any atom is 0.266 e. The average molecular weight is 291 g/mol. The van der Waals surface area contributed by atoms with Gasteiger partial charge in [0.05, 0.1) is 5.69 Å². The molecule has 0 atom stereocenters. The van der Waals surface area contributed by atoms with E-state index in [1.807, 2.05) is 26.1 Å². The smallest absolute Gasteiger partial charge is 0.266 e. The predicted molar refractivity (Wildman–Crippen MR) is 85.2 cm³/mol. The second-order valence-electron chi connectivity index (χ2n) is 5.04. The van der Waals surface area contributed by atoms with E-state index in [-0.39, 0.29) is 11.9 Å². The third-order valence-electron chi connectivity index (χ3n) is 3.74. The molecule has 0 fully saturated rings. The van der Waals surface area contributed by atoms with Crippen LogP contribution in [-0.2, 0) is 0 Å². The van der Waals surface area contributed by atoms with E-state index in [0.29, 0.717) is 10.6 Å². The zero-order valence-corrected chi connectivity index (χ0v) is 13.3. The summed E-state index contributed by atoms with van der Waals surface area (Å²) >= 11 is 1.39. The number of anilines is 1. The van der Waals surface area contributed by atoms with Gasteiger partial charge in [0.25, 0.3) is 5.91 Å². The largest absolute Gasteiger partial charge is 0.397 e. The fraction of sp³-hybridized carbons (Fsp3) is 0.467. The van der Waals surface area contributed by atoms with E-state index in [0.717, 1.165) is 28.8 Å². The molecular formula is C15H21N3OS. The van der Waals surface area contributed by atoms with E-state index in [9.17, 15) is 4.79 Å². The Hall–Kier alpha value is -1.62. The maximum absolute atomic E-state index is 12.6. The number of pyridine rings is 1. The Balaban J connectivity index is 2.42. The summed E-state index contributed by atoms with van der Waals surface area (Å²) in [7, 11) is 1.85. The van der Waals surface area contributed by atoms with Crippen LogP contribution in [0.2, 0.25) is 0 Å². The first kappa shape index (κ1) is 14.8. The summed E-state index contributed by atoms with van der Waals surface area (Å²) in [6.45, 7) is 6.13. The Bertz CT molecular complexity index is 631. The molecular weight excluding hydrogens is 270 g/mol. The summed E-state index contributed by atoms with van der Waals surface area (Å²) in [5.74, 6) is -0.00291. The minimum absolute atomic E-state index is 0.00291. The Morgan fingerprint density at radius 3 is 2.65 bits per heavy atom. The average Bonchev–Trinajstić information content (AvgIpc) is 2.75. The zero-order chi connectivity index (χ0) is 14.9. The number of carbonyl (C=O) groups is 1. The SMILES string of the molecule is CCC(CC)N(C)C(=O)c1sc2nc(C)ccc2c1N. The molecule has 0 spiro atoms. The van der Waals surface area contributed by atoms with Crippen LogP contribution in [0, 0.1) is 6.92 Å². The number of nitrogen functional groups attached to an aromatic ring is 1. The summed E-state index contributed by atoms with van der Waals surface area (Å²) < 4.78 is 0. The van der Waals surface area contributed by atoms with Crippen LogP contribution in [0.15, 0.2) is 12.1 Å². The molecule has 0 unspecified atom stereocenters. The zero-order valence-electron chi connectivity index (χ0n) is 12.4. The molecule has 0 saturated heterocycles. The van der Waals surface area contributed by atoms with Crippen molar-refractivity contribution in [2.24, 2.45) is 0 Å². The number of rotatable bonds is 4. The monoisotopic (exact) mass is 291 g/mol. The van der Waals surface area contributed by atoms with Crippen molar-refractivity contribution in [2.45, 2.75) is 39.7 Å². The van der Waals surface area contributed by atoms with Gasteiger partial charge >= 0.3 is 0 Å². The number of hydrogen-bond donors (Lipinski definition) is 1. The third kappa shape index (κ3) is 2.50. The third-order valence-corrected chi connectivity index (χ3v) is 4.84. The highest BCUT2D eigenvalue weighted by Crippen LogP contribution is 2.33. The number of carbonyl (C=O) groups excluding carboxylic acids is 1. The normalized spacial score (nSPS) is 11.2. The van der Waals surface area contributed by atoms with Gasteiger partial charge in [-0.3, -0.25) is 4.79 Å². The van der Waals surface area contributed by atoms with Crippen molar-refractivity contribution in [1.29, 1.82) is 0 Å². The van der Waals surface area contributed by atoms with Gasteiger partial charge < -0.3 is 10.6 Å². The molecule has 2 aromatic rings. The Morgan fingerprint density at radius 1 is 1.40 bits per heavy atom. The first-order valence-electron chi connectivity index (χ1n) is 6.92. The Morgan fingerprint density at radius 2 is 2.05 bits per heavy atom. The number of fused-ring (bicyclic) bond motifs is 1. The first-order valence-corrected chi connectivity index (χ1v) is 7.74. The first-order chi connectivity index (χ1) is 9.49. The van der Waals surface area contributed by atoms with Crippen LogP contribution in [0.1, 0.15) is 42.1 Å². The standard InChI is InChI=1S/C15H21N3OS/c1-5-10(6-2)18(4)15(19)13-12(16)11-8-7-9(3)17-14(11)20-13/h7-8,10H,5-6,16H2,1-4H3. The number of amides is 1. The summed E-state index contributed by atoms with van der Waals surface area (Å²) in [4.78, 5) is 20.3. The summed E-state index contributed by atoms with van der Waals surface area (Å²) in [5.41, 5.74) is 7.63. The molecule has 0 radical (unpaired) electrons. The minimum atomic E-state index is -0.00291. The summed E-state index contributed by atoms with van der Waals surface area (Å²) in [6.07, 6.45) is 1.89. The number of nitrogens with two attached hydrogens (primary N) is 1. The number of thiophene rings is 1. The van der Waals surface area contributed by atoms with Gasteiger partial charge in [-0.2, -0.15) is 0 Å². The number of nitrogens with zero attached hydrogens (tertiary/aromatic N) is 2. The van der Waals surface area contributed by atoms with Crippen LogP contribution >= 0.6 is 11.3 Å². The second kappa shape index (κ2) is 5.79. The molecule has 1 amide bonds. The molecule has 0 aliphatic heterocycles.